The number of rotatable bonds is 6. The average molecular weight is 309 g/mol. The molecule has 1 amide bonds. The molecular weight excluding hydrogens is 294 g/mol. The van der Waals surface area contributed by atoms with Crippen LogP contribution in [0.1, 0.15) is 11.1 Å². The second-order valence-corrected chi connectivity index (χ2v) is 4.53. The Bertz CT molecular complexity index is 716. The van der Waals surface area contributed by atoms with Crippen LogP contribution < -0.4 is 10.1 Å². The molecule has 0 heterocycles. The van der Waals surface area contributed by atoms with Gasteiger partial charge in [0.05, 0.1) is 18.7 Å². The molecule has 0 saturated carbocycles. The van der Waals surface area contributed by atoms with Gasteiger partial charge in [0, 0.05) is 5.69 Å². The molecule has 0 spiro atoms. The smallest absolute Gasteiger partial charge is 0.270 e. The van der Waals surface area contributed by atoms with Crippen LogP contribution in [-0.4, -0.2) is 19.2 Å². The predicted octanol–water partition coefficient (Wildman–Crippen LogP) is 2.71. The van der Waals surface area contributed by atoms with E-state index in [-0.39, 0.29) is 6.61 Å². The summed E-state index contributed by atoms with van der Waals surface area (Å²) in [4.78, 5) is 16.7. The third-order valence-corrected chi connectivity index (χ3v) is 2.92. The Morgan fingerprint density at radius 2 is 1.91 bits per heavy atom. The second kappa shape index (κ2) is 8.20. The summed E-state index contributed by atoms with van der Waals surface area (Å²) < 4.78 is 5.03. The average Bonchev–Trinajstić information content (AvgIpc) is 2.60. The van der Waals surface area contributed by atoms with Crippen molar-refractivity contribution < 1.29 is 14.4 Å². The summed E-state index contributed by atoms with van der Waals surface area (Å²) in [6.45, 7) is 0.220. The van der Waals surface area contributed by atoms with Crippen LogP contribution in [0.15, 0.2) is 53.7 Å². The lowest BCUT2D eigenvalue weighted by Gasteiger charge is -2.03. The first-order valence-corrected chi connectivity index (χ1v) is 6.80. The van der Waals surface area contributed by atoms with Crippen molar-refractivity contribution in [2.75, 3.05) is 12.4 Å². The fraction of sp³-hybridized carbons (Fsp3) is 0.118. The quantitative estimate of drug-likeness (QED) is 0.657. The fourth-order valence-electron chi connectivity index (χ4n) is 1.72. The molecule has 0 fully saturated rings. The van der Waals surface area contributed by atoms with Gasteiger partial charge in [0.25, 0.3) is 5.91 Å². The molecule has 0 saturated heterocycles. The van der Waals surface area contributed by atoms with Gasteiger partial charge in [-0.2, -0.15) is 5.26 Å². The molecule has 23 heavy (non-hydrogen) atoms. The van der Waals surface area contributed by atoms with Crippen molar-refractivity contribution >= 4 is 17.8 Å². The molecule has 2 aromatic rings. The number of amides is 1. The first-order chi connectivity index (χ1) is 11.2. The highest BCUT2D eigenvalue weighted by Gasteiger charge is 1.99. The van der Waals surface area contributed by atoms with E-state index < -0.39 is 5.91 Å². The fourth-order valence-corrected chi connectivity index (χ4v) is 1.72. The maximum atomic E-state index is 11.7. The van der Waals surface area contributed by atoms with E-state index in [4.69, 9.17) is 14.8 Å². The third-order valence-electron chi connectivity index (χ3n) is 2.92. The monoisotopic (exact) mass is 309 g/mol. The van der Waals surface area contributed by atoms with Gasteiger partial charge in [0.15, 0.2) is 0 Å². The molecule has 1 N–H and O–H groups in total. The molecule has 2 rings (SSSR count). The zero-order chi connectivity index (χ0) is 16.5. The highest BCUT2D eigenvalue weighted by molar-refractivity contribution is 6.31. The van der Waals surface area contributed by atoms with Gasteiger partial charge in [-0.05, 0) is 42.0 Å². The SMILES string of the molecule is COc1ccc(NC(=O)C=NOCc2ccc(C#N)cc2)cc1. The summed E-state index contributed by atoms with van der Waals surface area (Å²) in [6.07, 6.45) is 1.06. The van der Waals surface area contributed by atoms with Gasteiger partial charge in [0.1, 0.15) is 18.6 Å². The second-order valence-electron chi connectivity index (χ2n) is 4.53. The van der Waals surface area contributed by atoms with E-state index in [9.17, 15) is 4.79 Å². The predicted molar refractivity (Wildman–Crippen MR) is 86.1 cm³/mol. The number of hydrogen-bond donors (Lipinski definition) is 1. The molecule has 6 nitrogen and oxygen atoms in total. The Morgan fingerprint density at radius 1 is 1.22 bits per heavy atom. The molecule has 0 aliphatic rings. The van der Waals surface area contributed by atoms with Crippen LogP contribution >= 0.6 is 0 Å². The molecule has 0 radical (unpaired) electrons. The molecule has 0 aliphatic heterocycles. The maximum Gasteiger partial charge on any atom is 0.270 e. The summed E-state index contributed by atoms with van der Waals surface area (Å²) in [5.74, 6) is 0.317. The van der Waals surface area contributed by atoms with Crippen LogP contribution in [0.3, 0.4) is 0 Å². The topological polar surface area (TPSA) is 83.7 Å². The number of anilines is 1. The van der Waals surface area contributed by atoms with Crippen molar-refractivity contribution in [1.29, 1.82) is 5.26 Å². The molecule has 2 aromatic carbocycles. The molecule has 0 aromatic heterocycles. The lowest BCUT2D eigenvalue weighted by atomic mass is 10.2. The molecule has 0 atom stereocenters. The van der Waals surface area contributed by atoms with Crippen LogP contribution in [0.2, 0.25) is 0 Å². The maximum absolute atomic E-state index is 11.7. The van der Waals surface area contributed by atoms with Crippen molar-refractivity contribution in [3.8, 4) is 11.8 Å². The number of carbonyl (C=O) groups excluding carboxylic acids is 1. The first kappa shape index (κ1) is 16.0. The van der Waals surface area contributed by atoms with Crippen molar-refractivity contribution in [3.05, 3.63) is 59.7 Å². The minimum Gasteiger partial charge on any atom is -0.497 e. The standard InChI is InChI=1S/C17H15N3O3/c1-22-16-8-6-15(7-9-16)20-17(21)11-19-23-12-14-4-2-13(10-18)3-5-14/h2-9,11H,12H2,1H3,(H,20,21). The van der Waals surface area contributed by atoms with Crippen LogP contribution in [0, 0.1) is 11.3 Å². The number of hydrogen-bond acceptors (Lipinski definition) is 5. The van der Waals surface area contributed by atoms with Crippen molar-refractivity contribution in [2.24, 2.45) is 5.16 Å². The van der Waals surface area contributed by atoms with E-state index in [2.05, 4.69) is 10.5 Å². The highest BCUT2D eigenvalue weighted by atomic mass is 16.6. The Morgan fingerprint density at radius 3 is 2.52 bits per heavy atom. The number of nitrogens with zero attached hydrogens (tertiary/aromatic N) is 2. The van der Waals surface area contributed by atoms with Crippen LogP contribution in [0.4, 0.5) is 5.69 Å². The van der Waals surface area contributed by atoms with E-state index in [1.807, 2.05) is 6.07 Å². The number of nitriles is 1. The number of oxime groups is 1. The molecular formula is C17H15N3O3. The van der Waals surface area contributed by atoms with Crippen LogP contribution in [0.5, 0.6) is 5.75 Å². The van der Waals surface area contributed by atoms with Crippen molar-refractivity contribution in [1.82, 2.24) is 0 Å². The summed E-state index contributed by atoms with van der Waals surface area (Å²) in [5.41, 5.74) is 2.07. The summed E-state index contributed by atoms with van der Waals surface area (Å²) >= 11 is 0. The van der Waals surface area contributed by atoms with Gasteiger partial charge in [-0.25, -0.2) is 0 Å². The highest BCUT2D eigenvalue weighted by Crippen LogP contribution is 2.14. The molecule has 0 unspecified atom stereocenters. The zero-order valence-electron chi connectivity index (χ0n) is 12.5. The number of carbonyl (C=O) groups is 1. The van der Waals surface area contributed by atoms with Gasteiger partial charge in [-0.1, -0.05) is 17.3 Å². The summed E-state index contributed by atoms with van der Waals surface area (Å²) in [7, 11) is 1.57. The summed E-state index contributed by atoms with van der Waals surface area (Å²) in [5, 5.41) is 15.0. The minimum atomic E-state index is -0.394. The van der Waals surface area contributed by atoms with E-state index in [0.29, 0.717) is 17.0 Å². The van der Waals surface area contributed by atoms with E-state index in [1.54, 1.807) is 55.6 Å². The number of ether oxygens (including phenoxy) is 1. The van der Waals surface area contributed by atoms with Crippen molar-refractivity contribution in [3.63, 3.8) is 0 Å². The summed E-state index contributed by atoms with van der Waals surface area (Å²) in [6, 6.07) is 15.9. The lowest BCUT2D eigenvalue weighted by Crippen LogP contribution is -2.12. The first-order valence-electron chi connectivity index (χ1n) is 6.80. The van der Waals surface area contributed by atoms with E-state index in [1.165, 1.54) is 0 Å². The minimum absolute atomic E-state index is 0.220. The molecule has 0 aliphatic carbocycles. The normalized spacial score (nSPS) is 10.1. The van der Waals surface area contributed by atoms with Crippen LogP contribution in [0.25, 0.3) is 0 Å². The Labute approximate surface area is 133 Å². The Kier molecular flexibility index (Phi) is 5.72. The van der Waals surface area contributed by atoms with E-state index in [0.717, 1.165) is 11.8 Å². The molecule has 6 heteroatoms. The van der Waals surface area contributed by atoms with Gasteiger partial charge >= 0.3 is 0 Å². The van der Waals surface area contributed by atoms with Gasteiger partial charge in [-0.15, -0.1) is 0 Å². The van der Waals surface area contributed by atoms with Gasteiger partial charge < -0.3 is 14.9 Å². The molecule has 0 bridgehead atoms. The van der Waals surface area contributed by atoms with Crippen molar-refractivity contribution in [2.45, 2.75) is 6.61 Å². The number of benzene rings is 2. The number of methoxy groups -OCH3 is 1. The van der Waals surface area contributed by atoms with E-state index >= 15 is 0 Å². The lowest BCUT2D eigenvalue weighted by molar-refractivity contribution is -0.110. The largest absolute Gasteiger partial charge is 0.497 e. The third kappa shape index (κ3) is 5.17. The van der Waals surface area contributed by atoms with Gasteiger partial charge in [0.2, 0.25) is 0 Å². The molecule has 116 valence electrons. The number of nitrogens with one attached hydrogen (secondary N) is 1. The Hall–Kier alpha value is -3.33. The zero-order valence-corrected chi connectivity index (χ0v) is 12.5. The van der Waals surface area contributed by atoms with Gasteiger partial charge in [-0.3, -0.25) is 4.79 Å². The Balaban J connectivity index is 1.77. The van der Waals surface area contributed by atoms with Crippen LogP contribution in [-0.2, 0) is 16.2 Å².